The Balaban J connectivity index is 2.01. The van der Waals surface area contributed by atoms with Crippen LogP contribution in [0.2, 0.25) is 10.0 Å². The Bertz CT molecular complexity index is 824. The monoisotopic (exact) mass is 402 g/mol. The molecule has 2 aromatic carbocycles. The lowest BCUT2D eigenvalue weighted by molar-refractivity contribution is -0.123. The van der Waals surface area contributed by atoms with Crippen molar-refractivity contribution in [2.45, 2.75) is 17.5 Å². The van der Waals surface area contributed by atoms with E-state index in [1.807, 2.05) is 0 Å². The van der Waals surface area contributed by atoms with E-state index in [-0.39, 0.29) is 11.4 Å². The van der Waals surface area contributed by atoms with Gasteiger partial charge < -0.3 is 10.4 Å². The molecule has 0 aliphatic heterocycles. The van der Waals surface area contributed by atoms with Gasteiger partial charge in [-0.05, 0) is 42.0 Å². The first-order chi connectivity index (χ1) is 11.8. The number of sulfonamides is 1. The molecule has 0 bridgehead atoms. The second-order valence-corrected chi connectivity index (χ2v) is 7.74. The first-order valence-corrected chi connectivity index (χ1v) is 9.46. The molecule has 0 radical (unpaired) electrons. The van der Waals surface area contributed by atoms with E-state index in [2.05, 4.69) is 10.0 Å². The smallest absolute Gasteiger partial charge is 0.241 e. The summed E-state index contributed by atoms with van der Waals surface area (Å²) in [6.07, 6.45) is 0. The van der Waals surface area contributed by atoms with Gasteiger partial charge in [0.2, 0.25) is 15.9 Å². The molecule has 6 nitrogen and oxygen atoms in total. The largest absolute Gasteiger partial charge is 0.394 e. The summed E-state index contributed by atoms with van der Waals surface area (Å²) in [7, 11) is -3.97. The molecule has 25 heavy (non-hydrogen) atoms. The molecule has 0 aromatic heterocycles. The number of hydrogen-bond donors (Lipinski definition) is 3. The van der Waals surface area contributed by atoms with Gasteiger partial charge >= 0.3 is 0 Å². The highest BCUT2D eigenvalue weighted by atomic mass is 35.5. The second kappa shape index (κ2) is 8.64. The van der Waals surface area contributed by atoms with Crippen molar-refractivity contribution in [3.63, 3.8) is 0 Å². The number of carbonyl (C=O) groups excluding carboxylic acids is 1. The Morgan fingerprint density at radius 1 is 1.00 bits per heavy atom. The Labute approximate surface area is 155 Å². The van der Waals surface area contributed by atoms with Crippen LogP contribution in [0.5, 0.6) is 0 Å². The van der Waals surface area contributed by atoms with E-state index < -0.39 is 28.6 Å². The Morgan fingerprint density at radius 2 is 1.52 bits per heavy atom. The van der Waals surface area contributed by atoms with Gasteiger partial charge in [-0.25, -0.2) is 8.42 Å². The molecule has 134 valence electrons. The van der Waals surface area contributed by atoms with Gasteiger partial charge in [0.15, 0.2) is 0 Å². The zero-order chi connectivity index (χ0) is 18.4. The molecule has 0 aliphatic rings. The topological polar surface area (TPSA) is 95.5 Å². The Hall–Kier alpha value is -1.64. The van der Waals surface area contributed by atoms with Crippen LogP contribution >= 0.6 is 23.2 Å². The van der Waals surface area contributed by atoms with E-state index in [9.17, 15) is 18.3 Å². The van der Waals surface area contributed by atoms with E-state index in [0.717, 1.165) is 5.56 Å². The molecular weight excluding hydrogens is 387 g/mol. The Morgan fingerprint density at radius 3 is 2.04 bits per heavy atom. The number of hydrogen-bond acceptors (Lipinski definition) is 4. The molecule has 0 unspecified atom stereocenters. The third-order valence-corrected chi connectivity index (χ3v) is 5.29. The lowest BCUT2D eigenvalue weighted by Crippen LogP contribution is -2.48. The molecule has 0 aliphatic carbocycles. The summed E-state index contributed by atoms with van der Waals surface area (Å²) in [6, 6.07) is 11.0. The maximum absolute atomic E-state index is 12.3. The fourth-order valence-corrected chi connectivity index (χ4v) is 3.40. The van der Waals surface area contributed by atoms with Gasteiger partial charge in [0, 0.05) is 16.6 Å². The summed E-state index contributed by atoms with van der Waals surface area (Å²) >= 11 is 11.5. The van der Waals surface area contributed by atoms with Gasteiger partial charge in [-0.1, -0.05) is 35.3 Å². The molecule has 0 fully saturated rings. The molecule has 2 aromatic rings. The number of aliphatic hydroxyl groups excluding tert-OH is 1. The van der Waals surface area contributed by atoms with Gasteiger partial charge in [-0.2, -0.15) is 4.72 Å². The van der Waals surface area contributed by atoms with Crippen LogP contribution in [-0.2, 0) is 21.4 Å². The zero-order valence-corrected chi connectivity index (χ0v) is 15.3. The van der Waals surface area contributed by atoms with Crippen molar-refractivity contribution in [1.29, 1.82) is 0 Å². The highest BCUT2D eigenvalue weighted by Gasteiger charge is 2.25. The van der Waals surface area contributed by atoms with E-state index in [4.69, 9.17) is 23.2 Å². The third-order valence-electron chi connectivity index (χ3n) is 3.30. The molecule has 0 saturated heterocycles. The molecule has 3 N–H and O–H groups in total. The van der Waals surface area contributed by atoms with E-state index in [0.29, 0.717) is 10.0 Å². The summed E-state index contributed by atoms with van der Waals surface area (Å²) in [6.45, 7) is -0.506. The standard InChI is InChI=1S/C16H16Cl2N2O4S/c17-12-3-1-11(2-4-12)9-19-16(22)15(10-21)20-25(23,24)14-7-5-13(18)6-8-14/h1-8,15,20-21H,9-10H2,(H,19,22)/t15-/m0/s1. The average Bonchev–Trinajstić information content (AvgIpc) is 2.59. The van der Waals surface area contributed by atoms with Crippen LogP contribution < -0.4 is 10.0 Å². The lowest BCUT2D eigenvalue weighted by atomic mass is 10.2. The zero-order valence-electron chi connectivity index (χ0n) is 12.9. The summed E-state index contributed by atoms with van der Waals surface area (Å²) < 4.78 is 26.7. The van der Waals surface area contributed by atoms with Crippen LogP contribution in [0.15, 0.2) is 53.4 Å². The number of aliphatic hydroxyl groups is 1. The molecule has 2 rings (SSSR count). The first kappa shape index (κ1) is 19.7. The normalized spacial score (nSPS) is 12.6. The van der Waals surface area contributed by atoms with Crippen LogP contribution in [0.3, 0.4) is 0 Å². The van der Waals surface area contributed by atoms with Crippen molar-refractivity contribution in [3.8, 4) is 0 Å². The van der Waals surface area contributed by atoms with Crippen molar-refractivity contribution in [3.05, 3.63) is 64.1 Å². The fraction of sp³-hybridized carbons (Fsp3) is 0.188. The van der Waals surface area contributed by atoms with Crippen molar-refractivity contribution >= 4 is 39.1 Å². The Kier molecular flexibility index (Phi) is 6.80. The van der Waals surface area contributed by atoms with Crippen molar-refractivity contribution in [2.24, 2.45) is 0 Å². The lowest BCUT2D eigenvalue weighted by Gasteiger charge is -2.16. The summed E-state index contributed by atoms with van der Waals surface area (Å²) in [4.78, 5) is 12.1. The summed E-state index contributed by atoms with van der Waals surface area (Å²) in [5.74, 6) is -0.644. The molecular formula is C16H16Cl2N2O4S. The highest BCUT2D eigenvalue weighted by Crippen LogP contribution is 2.14. The van der Waals surface area contributed by atoms with Crippen LogP contribution in [0, 0.1) is 0 Å². The highest BCUT2D eigenvalue weighted by molar-refractivity contribution is 7.89. The van der Waals surface area contributed by atoms with Crippen LogP contribution in [0.4, 0.5) is 0 Å². The van der Waals surface area contributed by atoms with Crippen molar-refractivity contribution in [1.82, 2.24) is 10.0 Å². The second-order valence-electron chi connectivity index (χ2n) is 5.15. The van der Waals surface area contributed by atoms with Crippen molar-refractivity contribution < 1.29 is 18.3 Å². The van der Waals surface area contributed by atoms with Crippen LogP contribution in [0.25, 0.3) is 0 Å². The van der Waals surface area contributed by atoms with Gasteiger partial charge in [-0.15, -0.1) is 0 Å². The minimum Gasteiger partial charge on any atom is -0.394 e. The minimum atomic E-state index is -3.97. The number of carbonyl (C=O) groups is 1. The number of benzene rings is 2. The number of amides is 1. The predicted molar refractivity (Wildman–Crippen MR) is 95.9 cm³/mol. The predicted octanol–water partition coefficient (Wildman–Crippen LogP) is 1.95. The summed E-state index contributed by atoms with van der Waals surface area (Å²) in [5, 5.41) is 12.9. The molecule has 1 amide bonds. The third kappa shape index (κ3) is 5.69. The molecule has 0 spiro atoms. The SMILES string of the molecule is O=C(NCc1ccc(Cl)cc1)[C@H](CO)NS(=O)(=O)c1ccc(Cl)cc1. The van der Waals surface area contributed by atoms with Crippen LogP contribution in [0.1, 0.15) is 5.56 Å². The maximum Gasteiger partial charge on any atom is 0.241 e. The average molecular weight is 403 g/mol. The van der Waals surface area contributed by atoms with Crippen molar-refractivity contribution in [2.75, 3.05) is 6.61 Å². The van der Waals surface area contributed by atoms with Gasteiger partial charge in [-0.3, -0.25) is 4.79 Å². The quantitative estimate of drug-likeness (QED) is 0.659. The van der Waals surface area contributed by atoms with Crippen LogP contribution in [-0.4, -0.2) is 32.1 Å². The van der Waals surface area contributed by atoms with Gasteiger partial charge in [0.05, 0.1) is 11.5 Å². The molecule has 0 saturated carbocycles. The van der Waals surface area contributed by atoms with E-state index in [1.165, 1.54) is 24.3 Å². The number of nitrogens with one attached hydrogen (secondary N) is 2. The fourth-order valence-electron chi connectivity index (χ4n) is 1.96. The first-order valence-electron chi connectivity index (χ1n) is 7.23. The number of rotatable bonds is 7. The van der Waals surface area contributed by atoms with E-state index >= 15 is 0 Å². The van der Waals surface area contributed by atoms with E-state index in [1.54, 1.807) is 24.3 Å². The van der Waals surface area contributed by atoms with Gasteiger partial charge in [0.1, 0.15) is 6.04 Å². The maximum atomic E-state index is 12.3. The molecule has 1 atom stereocenters. The summed E-state index contributed by atoms with van der Waals surface area (Å²) in [5.41, 5.74) is 0.787. The molecule has 0 heterocycles. The molecule has 9 heteroatoms. The number of halogens is 2. The van der Waals surface area contributed by atoms with Gasteiger partial charge in [0.25, 0.3) is 0 Å². The minimum absolute atomic E-state index is 0.0548.